The number of morpholine rings is 1. The van der Waals surface area contributed by atoms with Crippen LogP contribution in [0.2, 0.25) is 0 Å². The van der Waals surface area contributed by atoms with E-state index in [-0.39, 0.29) is 23.8 Å². The Kier molecular flexibility index (Phi) is 7.25. The predicted octanol–water partition coefficient (Wildman–Crippen LogP) is 1.24. The molecule has 9 heteroatoms. The van der Waals surface area contributed by atoms with E-state index >= 15 is 0 Å². The number of amides is 2. The van der Waals surface area contributed by atoms with Gasteiger partial charge >= 0.3 is 0 Å². The second-order valence-corrected chi connectivity index (χ2v) is 8.97. The van der Waals surface area contributed by atoms with Crippen molar-refractivity contribution in [3.8, 4) is 0 Å². The predicted molar refractivity (Wildman–Crippen MR) is 121 cm³/mol. The van der Waals surface area contributed by atoms with Crippen molar-refractivity contribution in [1.29, 1.82) is 0 Å². The van der Waals surface area contributed by atoms with Crippen LogP contribution >= 0.6 is 0 Å². The van der Waals surface area contributed by atoms with Crippen molar-refractivity contribution in [3.63, 3.8) is 0 Å². The van der Waals surface area contributed by atoms with Crippen LogP contribution in [0.5, 0.6) is 0 Å². The number of likely N-dealkylation sites (tertiary alicyclic amines) is 1. The average molecular weight is 445 g/mol. The van der Waals surface area contributed by atoms with Crippen molar-refractivity contribution in [3.05, 3.63) is 17.1 Å². The fourth-order valence-corrected chi connectivity index (χ4v) is 5.14. The summed E-state index contributed by atoms with van der Waals surface area (Å²) in [6.45, 7) is 9.54. The number of carbonyl (C=O) groups excluding carboxylic acids is 2. The molecule has 0 saturated carbocycles. The molecule has 9 nitrogen and oxygen atoms in total. The molecule has 0 radical (unpaired) electrons. The van der Waals surface area contributed by atoms with Crippen LogP contribution in [0.25, 0.3) is 0 Å². The summed E-state index contributed by atoms with van der Waals surface area (Å²) < 4.78 is 5.45. The zero-order chi connectivity index (χ0) is 22.7. The Balaban J connectivity index is 1.42. The zero-order valence-corrected chi connectivity index (χ0v) is 19.6. The Morgan fingerprint density at radius 2 is 1.81 bits per heavy atom. The summed E-state index contributed by atoms with van der Waals surface area (Å²) in [7, 11) is 1.87. The number of ether oxygens (including phenoxy) is 1. The van der Waals surface area contributed by atoms with Crippen LogP contribution < -0.4 is 5.32 Å². The van der Waals surface area contributed by atoms with Gasteiger partial charge in [-0.3, -0.25) is 14.5 Å². The molecule has 32 heavy (non-hydrogen) atoms. The van der Waals surface area contributed by atoms with Gasteiger partial charge in [0.15, 0.2) is 0 Å². The van der Waals surface area contributed by atoms with E-state index in [1.165, 1.54) is 0 Å². The molecule has 1 atom stereocenters. The largest absolute Gasteiger partial charge is 0.379 e. The van der Waals surface area contributed by atoms with E-state index in [4.69, 9.17) is 14.7 Å². The molecule has 176 valence electrons. The maximum atomic E-state index is 13.2. The first kappa shape index (κ1) is 22.9. The second-order valence-electron chi connectivity index (χ2n) is 8.97. The summed E-state index contributed by atoms with van der Waals surface area (Å²) in [6.07, 6.45) is 3.35. The Hall–Kier alpha value is -2.26. The van der Waals surface area contributed by atoms with Crippen LogP contribution in [0.3, 0.4) is 0 Å². The van der Waals surface area contributed by atoms with E-state index in [1.807, 2.05) is 16.8 Å². The normalized spacial score (nSPS) is 21.2. The Morgan fingerprint density at radius 1 is 1.09 bits per heavy atom. The minimum atomic E-state index is -0.0458. The molecule has 1 N–H and O–H groups in total. The van der Waals surface area contributed by atoms with Gasteiger partial charge in [0.05, 0.1) is 31.5 Å². The van der Waals surface area contributed by atoms with Crippen LogP contribution in [0.15, 0.2) is 0 Å². The molecule has 3 aliphatic heterocycles. The molecule has 2 amide bonds. The number of hydrogen-bond donors (Lipinski definition) is 1. The lowest BCUT2D eigenvalue weighted by molar-refractivity contribution is -0.140. The highest BCUT2D eigenvalue weighted by molar-refractivity contribution is 5.82. The van der Waals surface area contributed by atoms with Gasteiger partial charge in [0.2, 0.25) is 11.8 Å². The quantitative estimate of drug-likeness (QED) is 0.731. The Bertz CT molecular complexity index is 816. The minimum absolute atomic E-state index is 0.0458. The van der Waals surface area contributed by atoms with E-state index in [0.29, 0.717) is 26.3 Å². The summed E-state index contributed by atoms with van der Waals surface area (Å²) in [6, 6.07) is -0.0458. The van der Waals surface area contributed by atoms with Gasteiger partial charge in [-0.1, -0.05) is 6.92 Å². The van der Waals surface area contributed by atoms with Gasteiger partial charge in [-0.25, -0.2) is 9.97 Å². The third-order valence-electron chi connectivity index (χ3n) is 7.09. The highest BCUT2D eigenvalue weighted by atomic mass is 16.5. The number of nitrogens with zero attached hydrogens (tertiary/aromatic N) is 5. The molecule has 2 fully saturated rings. The number of carbonyl (C=O) groups is 2. The number of piperidine rings is 1. The van der Waals surface area contributed by atoms with Crippen molar-refractivity contribution in [1.82, 2.24) is 24.7 Å². The summed E-state index contributed by atoms with van der Waals surface area (Å²) >= 11 is 0. The number of fused-ring (bicyclic) bond motifs is 1. The lowest BCUT2D eigenvalue weighted by atomic mass is 9.94. The molecule has 0 unspecified atom stereocenters. The molecular weight excluding hydrogens is 408 g/mol. The molecule has 3 aliphatic rings. The molecule has 1 aromatic heterocycles. The molecule has 2 saturated heterocycles. The van der Waals surface area contributed by atoms with Crippen molar-refractivity contribution in [2.45, 2.75) is 58.0 Å². The molecule has 0 bridgehead atoms. The van der Waals surface area contributed by atoms with Gasteiger partial charge in [-0.15, -0.1) is 0 Å². The van der Waals surface area contributed by atoms with Crippen LogP contribution in [0.4, 0.5) is 5.82 Å². The average Bonchev–Trinajstić information content (AvgIpc) is 2.84. The van der Waals surface area contributed by atoms with E-state index in [0.717, 1.165) is 74.8 Å². The van der Waals surface area contributed by atoms with E-state index in [2.05, 4.69) is 17.1 Å². The van der Waals surface area contributed by atoms with E-state index in [1.54, 1.807) is 6.92 Å². The third kappa shape index (κ3) is 4.73. The molecule has 0 aromatic carbocycles. The van der Waals surface area contributed by atoms with Crippen molar-refractivity contribution in [2.75, 3.05) is 58.3 Å². The van der Waals surface area contributed by atoms with Gasteiger partial charge in [-0.2, -0.15) is 0 Å². The van der Waals surface area contributed by atoms with Gasteiger partial charge in [0, 0.05) is 64.6 Å². The Labute approximate surface area is 190 Å². The summed E-state index contributed by atoms with van der Waals surface area (Å²) in [4.78, 5) is 40.9. The highest BCUT2D eigenvalue weighted by Gasteiger charge is 2.33. The summed E-state index contributed by atoms with van der Waals surface area (Å²) in [5.74, 6) is 2.29. The van der Waals surface area contributed by atoms with Gasteiger partial charge < -0.3 is 19.9 Å². The number of aromatic nitrogens is 2. The fraction of sp³-hybridized carbons (Fsp3) is 0.739. The number of anilines is 1. The topological polar surface area (TPSA) is 90.9 Å². The van der Waals surface area contributed by atoms with Crippen LogP contribution in [-0.4, -0.2) is 95.5 Å². The van der Waals surface area contributed by atoms with Crippen LogP contribution in [-0.2, 0) is 27.3 Å². The monoisotopic (exact) mass is 444 g/mol. The molecule has 4 rings (SSSR count). The lowest BCUT2D eigenvalue weighted by Crippen LogP contribution is -2.53. The Morgan fingerprint density at radius 3 is 2.44 bits per heavy atom. The molecular formula is C23H36N6O3. The number of rotatable bonds is 5. The van der Waals surface area contributed by atoms with E-state index in [9.17, 15) is 9.59 Å². The van der Waals surface area contributed by atoms with Gasteiger partial charge in [-0.05, 0) is 19.3 Å². The maximum Gasteiger partial charge on any atom is 0.239 e. The standard InChI is InChI=1S/C23H36N6O3/c1-4-20(27-11-13-32-14-12-27)23(31)28-8-5-17(6-9-28)21-25-19-7-10-29(16(2)30)15-18(19)22(24-3)26-21/h17,20H,4-15H2,1-3H3,(H,24,25,26)/t20-/m0/s1. The SMILES string of the molecule is CC[C@@H](C(=O)N1CCC(c2nc3c(c(NC)n2)CN(C(C)=O)CC3)CC1)N1CCOCC1. The second kappa shape index (κ2) is 10.1. The smallest absolute Gasteiger partial charge is 0.239 e. The van der Waals surface area contributed by atoms with Crippen molar-refractivity contribution in [2.24, 2.45) is 0 Å². The molecule has 1 aromatic rings. The first-order chi connectivity index (χ1) is 15.5. The molecule has 0 aliphatic carbocycles. The maximum absolute atomic E-state index is 13.2. The summed E-state index contributed by atoms with van der Waals surface area (Å²) in [5, 5.41) is 3.21. The fourth-order valence-electron chi connectivity index (χ4n) is 5.14. The van der Waals surface area contributed by atoms with E-state index < -0.39 is 0 Å². The minimum Gasteiger partial charge on any atom is -0.379 e. The molecule has 4 heterocycles. The van der Waals surface area contributed by atoms with Gasteiger partial charge in [0.25, 0.3) is 0 Å². The first-order valence-corrected chi connectivity index (χ1v) is 11.9. The third-order valence-corrected chi connectivity index (χ3v) is 7.09. The zero-order valence-electron chi connectivity index (χ0n) is 19.6. The first-order valence-electron chi connectivity index (χ1n) is 11.9. The number of nitrogens with one attached hydrogen (secondary N) is 1. The van der Waals surface area contributed by atoms with Gasteiger partial charge in [0.1, 0.15) is 11.6 Å². The lowest BCUT2D eigenvalue weighted by Gasteiger charge is -2.38. The molecule has 0 spiro atoms. The van der Waals surface area contributed by atoms with Crippen molar-refractivity contribution < 1.29 is 14.3 Å². The van der Waals surface area contributed by atoms with Crippen LogP contribution in [0, 0.1) is 0 Å². The highest BCUT2D eigenvalue weighted by Crippen LogP contribution is 2.31. The van der Waals surface area contributed by atoms with Crippen LogP contribution in [0.1, 0.15) is 56.1 Å². The van der Waals surface area contributed by atoms with Crippen molar-refractivity contribution >= 4 is 17.6 Å². The summed E-state index contributed by atoms with van der Waals surface area (Å²) in [5.41, 5.74) is 2.08. The number of hydrogen-bond acceptors (Lipinski definition) is 7.